The summed E-state index contributed by atoms with van der Waals surface area (Å²) < 4.78 is 2.93. The quantitative estimate of drug-likeness (QED) is 0.416. The molecule has 0 aliphatic carbocycles. The van der Waals surface area contributed by atoms with E-state index in [2.05, 4.69) is 134 Å². The minimum absolute atomic E-state index is 0.0920. The van der Waals surface area contributed by atoms with Crippen LogP contribution in [0.5, 0.6) is 0 Å². The predicted octanol–water partition coefficient (Wildman–Crippen LogP) is 4.90. The second-order valence-corrected chi connectivity index (χ2v) is 13.5. The van der Waals surface area contributed by atoms with Crippen LogP contribution in [0, 0.1) is 0 Å². The van der Waals surface area contributed by atoms with Crippen LogP contribution in [-0.4, -0.2) is 34.6 Å². The fraction of sp³-hybridized carbons (Fsp3) is 0.357. The number of benzene rings is 2. The third-order valence-electron chi connectivity index (χ3n) is 7.83. The summed E-state index contributed by atoms with van der Waals surface area (Å²) in [7, 11) is 0. The Morgan fingerprint density at radius 2 is 1.03 bits per heavy atom. The number of nitrogens with zero attached hydrogens (tertiary/aromatic N) is 4. The Hall–Kier alpha value is -2.45. The molecule has 0 amide bonds. The van der Waals surface area contributed by atoms with Crippen molar-refractivity contribution in [1.29, 1.82) is 0 Å². The van der Waals surface area contributed by atoms with E-state index in [1.807, 2.05) is 0 Å². The first-order chi connectivity index (χ1) is 15.6. The van der Waals surface area contributed by atoms with E-state index < -0.39 is 0 Å². The third kappa shape index (κ3) is 2.93. The average molecular weight is 620 g/mol. The molecule has 4 aliphatic heterocycles. The van der Waals surface area contributed by atoms with Crippen molar-refractivity contribution in [1.82, 2.24) is 19.6 Å². The summed E-state index contributed by atoms with van der Waals surface area (Å²) in [6.07, 6.45) is 9.13. The zero-order chi connectivity index (χ0) is 23.2. The summed E-state index contributed by atoms with van der Waals surface area (Å²) >= 11 is -0.382. The molecule has 4 nitrogen and oxygen atoms in total. The van der Waals surface area contributed by atoms with Crippen LogP contribution in [0.25, 0.3) is 0 Å². The van der Waals surface area contributed by atoms with Gasteiger partial charge < -0.3 is 0 Å². The van der Waals surface area contributed by atoms with Gasteiger partial charge in [-0.15, -0.1) is 0 Å². The molecule has 0 radical (unpaired) electrons. The predicted molar refractivity (Wildman–Crippen MR) is 132 cm³/mol. The summed E-state index contributed by atoms with van der Waals surface area (Å²) in [5.74, 6) is 0. The zero-order valence-corrected chi connectivity index (χ0v) is 22.5. The van der Waals surface area contributed by atoms with Crippen LogP contribution < -0.4 is 0 Å². The standard InChI is InChI=1S/C28H32N4.Pt/c1-26(2)22-9-7-11-24(17-22)27(3,4)31-15-13-29(20-31)19-30-14-16-32(21-30)28(5,6)25-12-8-10-23(26)18-25;/h7-18H,19H2,1-6H3;. The van der Waals surface area contributed by atoms with Gasteiger partial charge in [0.2, 0.25) is 0 Å². The molecule has 0 saturated carbocycles. The van der Waals surface area contributed by atoms with E-state index >= 15 is 0 Å². The second kappa shape index (κ2) is 6.79. The van der Waals surface area contributed by atoms with E-state index in [-0.39, 0.29) is 34.1 Å². The summed E-state index contributed by atoms with van der Waals surface area (Å²) in [5, 5.41) is 0. The molecule has 6 bridgehead atoms. The molecule has 0 unspecified atom stereocenters. The SMILES string of the molecule is CC1(C)c2cccc(c2)C(C)(C)N2C=CN3CN4C=CN([C]4=[Pt]=[C]32)C(C)(C)c2cccc1c2. The first-order valence-corrected chi connectivity index (χ1v) is 13.9. The van der Waals surface area contributed by atoms with Gasteiger partial charge in [-0.05, 0) is 0 Å². The normalized spacial score (nSPS) is 23.6. The molecule has 174 valence electrons. The number of hydrogen-bond donors (Lipinski definition) is 0. The molecule has 0 aromatic heterocycles. The molecule has 6 rings (SSSR count). The van der Waals surface area contributed by atoms with Crippen molar-refractivity contribution in [2.24, 2.45) is 0 Å². The van der Waals surface area contributed by atoms with Gasteiger partial charge in [-0.3, -0.25) is 0 Å². The average Bonchev–Trinajstić information content (AvgIpc) is 3.41. The molecular formula is C28H32N4Pt. The summed E-state index contributed by atoms with van der Waals surface area (Å²) in [6.45, 7) is 15.0. The van der Waals surface area contributed by atoms with Crippen molar-refractivity contribution in [3.05, 3.63) is 95.6 Å². The van der Waals surface area contributed by atoms with Crippen LogP contribution >= 0.6 is 0 Å². The molecule has 2 aromatic rings. The Bertz CT molecular complexity index is 1200. The summed E-state index contributed by atoms with van der Waals surface area (Å²) in [6, 6.07) is 18.5. The maximum atomic E-state index is 2.53. The van der Waals surface area contributed by atoms with Crippen molar-refractivity contribution in [2.75, 3.05) is 6.67 Å². The first-order valence-electron chi connectivity index (χ1n) is 11.6. The van der Waals surface area contributed by atoms with Gasteiger partial charge in [0.15, 0.2) is 0 Å². The topological polar surface area (TPSA) is 13.0 Å². The zero-order valence-electron chi connectivity index (χ0n) is 20.2. The number of hydrogen-bond acceptors (Lipinski definition) is 4. The Morgan fingerprint density at radius 3 is 1.48 bits per heavy atom. The Labute approximate surface area is 205 Å². The van der Waals surface area contributed by atoms with Crippen LogP contribution in [0.2, 0.25) is 0 Å². The monoisotopic (exact) mass is 619 g/mol. The summed E-state index contributed by atoms with van der Waals surface area (Å²) in [4.78, 5) is 9.96. The Balaban J connectivity index is 1.67. The maximum absolute atomic E-state index is 2.53. The Morgan fingerprint density at radius 1 is 0.606 bits per heavy atom. The van der Waals surface area contributed by atoms with Gasteiger partial charge in [0.1, 0.15) is 0 Å². The van der Waals surface area contributed by atoms with Gasteiger partial charge in [-0.1, -0.05) is 0 Å². The van der Waals surface area contributed by atoms with E-state index in [4.69, 9.17) is 0 Å². The molecular weight excluding hydrogens is 587 g/mol. The molecule has 0 atom stereocenters. The molecule has 4 aliphatic rings. The number of rotatable bonds is 0. The van der Waals surface area contributed by atoms with Crippen LogP contribution in [0.4, 0.5) is 0 Å². The van der Waals surface area contributed by atoms with E-state index in [1.54, 1.807) is 0 Å². The molecule has 0 N–H and O–H groups in total. The van der Waals surface area contributed by atoms with E-state index in [0.717, 1.165) is 6.67 Å². The fourth-order valence-corrected chi connectivity index (χ4v) is 9.14. The molecule has 0 fully saturated rings. The van der Waals surface area contributed by atoms with Gasteiger partial charge in [0.05, 0.1) is 0 Å². The molecule has 0 spiro atoms. The van der Waals surface area contributed by atoms with Crippen LogP contribution in [0.1, 0.15) is 63.8 Å². The van der Waals surface area contributed by atoms with E-state index in [1.165, 1.54) is 30.5 Å². The molecule has 33 heavy (non-hydrogen) atoms. The molecule has 2 aromatic carbocycles. The molecule has 5 heteroatoms. The van der Waals surface area contributed by atoms with Crippen LogP contribution in [0.3, 0.4) is 0 Å². The third-order valence-corrected chi connectivity index (χ3v) is 11.2. The summed E-state index contributed by atoms with van der Waals surface area (Å²) in [5.41, 5.74) is 5.09. The minimum atomic E-state index is -0.382. The van der Waals surface area contributed by atoms with Gasteiger partial charge in [0.25, 0.3) is 0 Å². The van der Waals surface area contributed by atoms with Gasteiger partial charge in [-0.2, -0.15) is 0 Å². The van der Waals surface area contributed by atoms with Crippen molar-refractivity contribution in [2.45, 2.75) is 58.0 Å². The van der Waals surface area contributed by atoms with Crippen molar-refractivity contribution >= 4 is 8.29 Å². The van der Waals surface area contributed by atoms with E-state index in [0.29, 0.717) is 0 Å². The van der Waals surface area contributed by atoms with E-state index in [9.17, 15) is 0 Å². The van der Waals surface area contributed by atoms with Crippen molar-refractivity contribution in [3.63, 3.8) is 0 Å². The Kier molecular flexibility index (Phi) is 4.34. The van der Waals surface area contributed by atoms with Gasteiger partial charge in [0, 0.05) is 0 Å². The van der Waals surface area contributed by atoms with Crippen molar-refractivity contribution in [3.8, 4) is 0 Å². The second-order valence-electron chi connectivity index (χ2n) is 10.9. The van der Waals surface area contributed by atoms with Crippen molar-refractivity contribution < 1.29 is 17.6 Å². The van der Waals surface area contributed by atoms with Gasteiger partial charge >= 0.3 is 206 Å². The first kappa shape index (κ1) is 21.1. The molecule has 4 heterocycles. The van der Waals surface area contributed by atoms with Crippen LogP contribution in [-0.2, 0) is 34.1 Å². The number of fused-ring (bicyclic) bond motifs is 4. The fourth-order valence-electron chi connectivity index (χ4n) is 5.22. The van der Waals surface area contributed by atoms with Crippen LogP contribution in [0.15, 0.2) is 73.3 Å². The molecule has 0 saturated heterocycles. The van der Waals surface area contributed by atoms with Gasteiger partial charge in [-0.25, -0.2) is 0 Å².